The Kier molecular flexibility index (Phi) is 7.42. The predicted octanol–water partition coefficient (Wildman–Crippen LogP) is 13.7. The molecule has 0 fully saturated rings. The normalized spacial score (nSPS) is 11.6. The van der Waals surface area contributed by atoms with E-state index in [1.54, 1.807) is 0 Å². The SMILES string of the molecule is c1ccc(-c2ccc(-c3nc(-c4ccc(-c5ccc(-c6cccc7oc8ccccc8c67)cc5)cc4)nc(-c4cccc5oc6ccccc6c45)n3)cc2)cc1. The van der Waals surface area contributed by atoms with Gasteiger partial charge in [-0.2, -0.15) is 0 Å². The van der Waals surface area contributed by atoms with Crippen LogP contribution in [0.25, 0.3) is 111 Å². The zero-order valence-corrected chi connectivity index (χ0v) is 30.1. The van der Waals surface area contributed by atoms with Crippen LogP contribution in [0, 0.1) is 0 Å². The largest absolute Gasteiger partial charge is 0.456 e. The third-order valence-corrected chi connectivity index (χ3v) is 10.6. The summed E-state index contributed by atoms with van der Waals surface area (Å²) in [7, 11) is 0. The summed E-state index contributed by atoms with van der Waals surface area (Å²) < 4.78 is 12.4. The third kappa shape index (κ3) is 5.45. The van der Waals surface area contributed by atoms with Gasteiger partial charge in [-0.3, -0.25) is 0 Å². The molecule has 0 aliphatic carbocycles. The molecule has 0 aliphatic heterocycles. The minimum absolute atomic E-state index is 0.592. The van der Waals surface area contributed by atoms with E-state index in [0.717, 1.165) is 93.9 Å². The van der Waals surface area contributed by atoms with Gasteiger partial charge in [-0.15, -0.1) is 0 Å². The summed E-state index contributed by atoms with van der Waals surface area (Å²) in [5.74, 6) is 1.80. The Hall–Kier alpha value is -7.63. The van der Waals surface area contributed by atoms with Gasteiger partial charge in [0.25, 0.3) is 0 Å². The minimum Gasteiger partial charge on any atom is -0.456 e. The summed E-state index contributed by atoms with van der Waals surface area (Å²) >= 11 is 0. The lowest BCUT2D eigenvalue weighted by Gasteiger charge is -2.11. The number of para-hydroxylation sites is 2. The standard InChI is InChI=1S/C51H31N3O2/c1-2-10-32(11-3-1)33-22-28-37(29-23-33)49-52-50(54-51(53-49)42-15-9-19-46-48(42)41-13-5-7-17-44(41)56-46)38-30-24-35(25-31-38)34-20-26-36(27-21-34)39-14-8-18-45-47(39)40-12-4-6-16-43(40)55-45/h1-31H. The summed E-state index contributed by atoms with van der Waals surface area (Å²) in [5, 5.41) is 4.28. The van der Waals surface area contributed by atoms with Crippen LogP contribution in [-0.4, -0.2) is 15.0 Å². The molecule has 11 rings (SSSR count). The highest BCUT2D eigenvalue weighted by molar-refractivity contribution is 6.13. The summed E-state index contributed by atoms with van der Waals surface area (Å²) in [6, 6.07) is 64.6. The number of aromatic nitrogens is 3. The van der Waals surface area contributed by atoms with E-state index in [1.807, 2.05) is 54.6 Å². The van der Waals surface area contributed by atoms with Gasteiger partial charge in [0.05, 0.1) is 0 Å². The quantitative estimate of drug-likeness (QED) is 0.171. The van der Waals surface area contributed by atoms with Crippen LogP contribution in [0.3, 0.4) is 0 Å². The predicted molar refractivity (Wildman–Crippen MR) is 227 cm³/mol. The molecule has 5 heteroatoms. The number of nitrogens with zero attached hydrogens (tertiary/aromatic N) is 3. The molecule has 0 atom stereocenters. The van der Waals surface area contributed by atoms with Gasteiger partial charge in [0.2, 0.25) is 0 Å². The van der Waals surface area contributed by atoms with Crippen LogP contribution < -0.4 is 0 Å². The Bertz CT molecular complexity index is 3220. The van der Waals surface area contributed by atoms with Crippen molar-refractivity contribution in [2.45, 2.75) is 0 Å². The van der Waals surface area contributed by atoms with Gasteiger partial charge in [0, 0.05) is 38.2 Å². The van der Waals surface area contributed by atoms with E-state index in [-0.39, 0.29) is 0 Å². The van der Waals surface area contributed by atoms with Crippen molar-refractivity contribution < 1.29 is 8.83 Å². The van der Waals surface area contributed by atoms with E-state index < -0.39 is 0 Å². The first-order chi connectivity index (χ1) is 27.7. The van der Waals surface area contributed by atoms with E-state index in [0.29, 0.717) is 17.5 Å². The van der Waals surface area contributed by atoms with Gasteiger partial charge in [-0.1, -0.05) is 164 Å². The summed E-state index contributed by atoms with van der Waals surface area (Å²) in [6.45, 7) is 0. The second-order valence-electron chi connectivity index (χ2n) is 14.0. The molecule has 0 amide bonds. The van der Waals surface area contributed by atoms with Crippen molar-refractivity contribution in [1.29, 1.82) is 0 Å². The second-order valence-corrected chi connectivity index (χ2v) is 14.0. The fourth-order valence-electron chi connectivity index (χ4n) is 7.83. The number of hydrogen-bond acceptors (Lipinski definition) is 5. The van der Waals surface area contributed by atoms with Crippen LogP contribution in [-0.2, 0) is 0 Å². The molecule has 0 aliphatic rings. The van der Waals surface area contributed by atoms with Crippen molar-refractivity contribution >= 4 is 43.9 Å². The first kappa shape index (κ1) is 31.9. The van der Waals surface area contributed by atoms with Gasteiger partial charge in [0.1, 0.15) is 22.3 Å². The van der Waals surface area contributed by atoms with Crippen molar-refractivity contribution in [2.24, 2.45) is 0 Å². The maximum Gasteiger partial charge on any atom is 0.164 e. The molecule has 3 heterocycles. The van der Waals surface area contributed by atoms with Crippen LogP contribution in [0.1, 0.15) is 0 Å². The average Bonchev–Trinajstić information content (AvgIpc) is 3.86. The molecule has 0 saturated heterocycles. The highest BCUT2D eigenvalue weighted by atomic mass is 16.3. The average molecular weight is 718 g/mol. The highest BCUT2D eigenvalue weighted by Gasteiger charge is 2.18. The molecule has 0 N–H and O–H groups in total. The number of rotatable bonds is 6. The monoisotopic (exact) mass is 717 g/mol. The van der Waals surface area contributed by atoms with Gasteiger partial charge >= 0.3 is 0 Å². The molecule has 8 aromatic carbocycles. The lowest BCUT2D eigenvalue weighted by atomic mass is 9.96. The molecule has 56 heavy (non-hydrogen) atoms. The van der Waals surface area contributed by atoms with E-state index in [1.165, 1.54) is 0 Å². The maximum atomic E-state index is 6.24. The Morgan fingerprint density at radius 3 is 1.16 bits per heavy atom. The number of hydrogen-bond donors (Lipinski definition) is 0. The molecule has 0 saturated carbocycles. The van der Waals surface area contributed by atoms with Crippen LogP contribution in [0.15, 0.2) is 197 Å². The molecular weight excluding hydrogens is 687 g/mol. The molecular formula is C51H31N3O2. The highest BCUT2D eigenvalue weighted by Crippen LogP contribution is 2.39. The molecule has 262 valence electrons. The zero-order valence-electron chi connectivity index (χ0n) is 30.1. The van der Waals surface area contributed by atoms with E-state index >= 15 is 0 Å². The number of furan rings is 2. The van der Waals surface area contributed by atoms with Crippen molar-refractivity contribution in [2.75, 3.05) is 0 Å². The van der Waals surface area contributed by atoms with E-state index in [2.05, 4.69) is 133 Å². The second kappa shape index (κ2) is 13.0. The lowest BCUT2D eigenvalue weighted by molar-refractivity contribution is 0.668. The third-order valence-electron chi connectivity index (χ3n) is 10.6. The van der Waals surface area contributed by atoms with Crippen molar-refractivity contribution in [3.05, 3.63) is 188 Å². The van der Waals surface area contributed by atoms with Crippen molar-refractivity contribution in [3.63, 3.8) is 0 Å². The van der Waals surface area contributed by atoms with E-state index in [4.69, 9.17) is 23.8 Å². The molecule has 11 aromatic rings. The Labute approximate surface area is 322 Å². The topological polar surface area (TPSA) is 65.0 Å². The molecule has 3 aromatic heterocycles. The summed E-state index contributed by atoms with van der Waals surface area (Å²) in [5.41, 5.74) is 13.0. The van der Waals surface area contributed by atoms with Crippen LogP contribution in [0.2, 0.25) is 0 Å². The van der Waals surface area contributed by atoms with Gasteiger partial charge in [-0.05, 0) is 57.6 Å². The molecule has 0 radical (unpaired) electrons. The molecule has 0 unspecified atom stereocenters. The van der Waals surface area contributed by atoms with Crippen LogP contribution in [0.4, 0.5) is 0 Å². The van der Waals surface area contributed by atoms with Gasteiger partial charge in [-0.25, -0.2) is 15.0 Å². The summed E-state index contributed by atoms with van der Waals surface area (Å²) in [6.07, 6.45) is 0. The van der Waals surface area contributed by atoms with Crippen LogP contribution >= 0.6 is 0 Å². The van der Waals surface area contributed by atoms with Crippen molar-refractivity contribution in [3.8, 4) is 67.5 Å². The Balaban J connectivity index is 0.979. The lowest BCUT2D eigenvalue weighted by Crippen LogP contribution is -2.00. The fourth-order valence-corrected chi connectivity index (χ4v) is 7.83. The van der Waals surface area contributed by atoms with Gasteiger partial charge in [0.15, 0.2) is 17.5 Å². The first-order valence-corrected chi connectivity index (χ1v) is 18.7. The molecule has 5 nitrogen and oxygen atoms in total. The maximum absolute atomic E-state index is 6.24. The number of benzene rings is 8. The zero-order chi connectivity index (χ0) is 37.0. The van der Waals surface area contributed by atoms with Gasteiger partial charge < -0.3 is 8.83 Å². The Morgan fingerprint density at radius 1 is 0.250 bits per heavy atom. The van der Waals surface area contributed by atoms with Crippen LogP contribution in [0.5, 0.6) is 0 Å². The minimum atomic E-state index is 0.592. The molecule has 0 spiro atoms. The van der Waals surface area contributed by atoms with E-state index in [9.17, 15) is 0 Å². The molecule has 0 bridgehead atoms. The Morgan fingerprint density at radius 2 is 0.625 bits per heavy atom. The number of fused-ring (bicyclic) bond motifs is 6. The summed E-state index contributed by atoms with van der Waals surface area (Å²) in [4.78, 5) is 15.3. The van der Waals surface area contributed by atoms with Crippen molar-refractivity contribution in [1.82, 2.24) is 15.0 Å². The fraction of sp³-hybridized carbons (Fsp3) is 0. The smallest absolute Gasteiger partial charge is 0.164 e. The first-order valence-electron chi connectivity index (χ1n) is 18.7.